The highest BCUT2D eigenvalue weighted by atomic mass is 16.6. The minimum atomic E-state index is -1.34. The van der Waals surface area contributed by atoms with Gasteiger partial charge < -0.3 is 29.7 Å². The Morgan fingerprint density at radius 3 is 2.50 bits per heavy atom. The van der Waals surface area contributed by atoms with Crippen molar-refractivity contribution in [2.45, 2.75) is 45.8 Å². The number of alkyl carbamates (subject to hydrolysis) is 1. The number of carbonyl (C=O) groups excluding carboxylic acids is 3. The molecule has 30 heavy (non-hydrogen) atoms. The second-order valence-electron chi connectivity index (χ2n) is 8.45. The lowest BCUT2D eigenvalue weighted by Gasteiger charge is -2.31. The number of carbonyl (C=O) groups is 3. The summed E-state index contributed by atoms with van der Waals surface area (Å²) in [6, 6.07) is 5.27. The van der Waals surface area contributed by atoms with Crippen molar-refractivity contribution in [1.82, 2.24) is 5.32 Å². The van der Waals surface area contributed by atoms with Crippen molar-refractivity contribution in [3.63, 3.8) is 0 Å². The van der Waals surface area contributed by atoms with Crippen LogP contribution in [0, 0.1) is 6.92 Å². The molecule has 2 N–H and O–H groups in total. The number of benzene rings is 1. The first kappa shape index (κ1) is 23.6. The van der Waals surface area contributed by atoms with E-state index in [2.05, 4.69) is 10.6 Å². The number of rotatable bonds is 6. The molecule has 9 heteroatoms. The summed E-state index contributed by atoms with van der Waals surface area (Å²) in [5.74, 6) is -0.555. The second-order valence-corrected chi connectivity index (χ2v) is 8.45. The van der Waals surface area contributed by atoms with E-state index in [0.717, 1.165) is 11.3 Å². The fraction of sp³-hybridized carbons (Fsp3) is 0.571. The van der Waals surface area contributed by atoms with Crippen LogP contribution in [0.4, 0.5) is 16.2 Å². The van der Waals surface area contributed by atoms with Crippen molar-refractivity contribution < 1.29 is 28.6 Å². The number of hydrogen-bond donors (Lipinski definition) is 2. The van der Waals surface area contributed by atoms with Gasteiger partial charge in [-0.2, -0.15) is 0 Å². The maximum absolute atomic E-state index is 12.9. The SMILES string of the molecule is COC[C@@](C)(NC(=O)OC(C)(C)C)C(=O)Nc1ccc(N2CCOCC2=O)c(C)c1. The first-order chi connectivity index (χ1) is 13.9. The van der Waals surface area contributed by atoms with Crippen LogP contribution >= 0.6 is 0 Å². The molecule has 0 radical (unpaired) electrons. The maximum Gasteiger partial charge on any atom is 0.408 e. The predicted octanol–water partition coefficient (Wildman–Crippen LogP) is 2.23. The molecule has 0 spiro atoms. The first-order valence-electron chi connectivity index (χ1n) is 9.75. The second kappa shape index (κ2) is 9.44. The number of hydrogen-bond acceptors (Lipinski definition) is 6. The molecule has 2 rings (SSSR count). The van der Waals surface area contributed by atoms with Crippen molar-refractivity contribution in [3.8, 4) is 0 Å². The van der Waals surface area contributed by atoms with E-state index in [1.165, 1.54) is 7.11 Å². The minimum Gasteiger partial charge on any atom is -0.444 e. The molecule has 1 atom stereocenters. The Morgan fingerprint density at radius 2 is 1.93 bits per heavy atom. The van der Waals surface area contributed by atoms with E-state index in [1.807, 2.05) is 6.92 Å². The third-order valence-corrected chi connectivity index (χ3v) is 4.44. The number of methoxy groups -OCH3 is 1. The van der Waals surface area contributed by atoms with E-state index in [1.54, 1.807) is 50.8 Å². The number of ether oxygens (including phenoxy) is 3. The highest BCUT2D eigenvalue weighted by molar-refractivity contribution is 6.00. The van der Waals surface area contributed by atoms with Gasteiger partial charge in [0.15, 0.2) is 0 Å². The van der Waals surface area contributed by atoms with E-state index in [0.29, 0.717) is 18.8 Å². The molecule has 1 saturated heterocycles. The summed E-state index contributed by atoms with van der Waals surface area (Å²) in [4.78, 5) is 38.9. The third kappa shape index (κ3) is 6.17. The number of aryl methyl sites for hydroxylation is 1. The zero-order chi connectivity index (χ0) is 22.5. The van der Waals surface area contributed by atoms with E-state index < -0.39 is 23.1 Å². The van der Waals surface area contributed by atoms with E-state index in [4.69, 9.17) is 14.2 Å². The molecule has 1 aromatic carbocycles. The van der Waals surface area contributed by atoms with Crippen molar-refractivity contribution in [2.24, 2.45) is 0 Å². The van der Waals surface area contributed by atoms with Gasteiger partial charge in [-0.25, -0.2) is 4.79 Å². The van der Waals surface area contributed by atoms with Gasteiger partial charge in [-0.1, -0.05) is 0 Å². The molecule has 166 valence electrons. The lowest BCUT2D eigenvalue weighted by molar-refractivity contribution is -0.126. The third-order valence-electron chi connectivity index (χ3n) is 4.44. The van der Waals surface area contributed by atoms with Crippen molar-refractivity contribution in [3.05, 3.63) is 23.8 Å². The fourth-order valence-electron chi connectivity index (χ4n) is 3.05. The smallest absolute Gasteiger partial charge is 0.408 e. The molecule has 1 heterocycles. The standard InChI is InChI=1S/C21H31N3O6/c1-14-11-15(7-8-16(14)24-9-10-29-12-17(24)25)22-18(26)21(5,13-28-6)23-19(27)30-20(2,3)4/h7-8,11H,9-10,12-13H2,1-6H3,(H,22,26)(H,23,27)/t21-/m1/s1. The van der Waals surface area contributed by atoms with Crippen molar-refractivity contribution in [2.75, 3.05) is 43.7 Å². The molecule has 3 amide bonds. The zero-order valence-electron chi connectivity index (χ0n) is 18.5. The Labute approximate surface area is 177 Å². The molecular formula is C21H31N3O6. The van der Waals surface area contributed by atoms with Crippen LogP contribution in [0.2, 0.25) is 0 Å². The van der Waals surface area contributed by atoms with Gasteiger partial charge in [0, 0.05) is 25.0 Å². The Kier molecular flexibility index (Phi) is 7.44. The van der Waals surface area contributed by atoms with Gasteiger partial charge in [0.25, 0.3) is 11.8 Å². The van der Waals surface area contributed by atoms with Crippen LogP contribution in [0.5, 0.6) is 0 Å². The first-order valence-corrected chi connectivity index (χ1v) is 9.75. The largest absolute Gasteiger partial charge is 0.444 e. The molecule has 0 bridgehead atoms. The van der Waals surface area contributed by atoms with E-state index in [9.17, 15) is 14.4 Å². The molecule has 1 aliphatic heterocycles. The Bertz CT molecular complexity index is 804. The molecule has 1 aromatic rings. The molecular weight excluding hydrogens is 390 g/mol. The van der Waals surface area contributed by atoms with Gasteiger partial charge in [-0.3, -0.25) is 9.59 Å². The molecule has 0 unspecified atom stereocenters. The Morgan fingerprint density at radius 1 is 1.23 bits per heavy atom. The van der Waals surface area contributed by atoms with E-state index >= 15 is 0 Å². The molecule has 0 aromatic heterocycles. The summed E-state index contributed by atoms with van der Waals surface area (Å²) in [7, 11) is 1.45. The van der Waals surface area contributed by atoms with Crippen LogP contribution in [0.25, 0.3) is 0 Å². The lowest BCUT2D eigenvalue weighted by atomic mass is 10.0. The Balaban J connectivity index is 2.14. The molecule has 9 nitrogen and oxygen atoms in total. The normalized spacial score (nSPS) is 16.6. The van der Waals surface area contributed by atoms with Crippen LogP contribution < -0.4 is 15.5 Å². The number of morpholine rings is 1. The van der Waals surface area contributed by atoms with Gasteiger partial charge >= 0.3 is 6.09 Å². The summed E-state index contributed by atoms with van der Waals surface area (Å²) >= 11 is 0. The highest BCUT2D eigenvalue weighted by Gasteiger charge is 2.37. The molecule has 1 aliphatic rings. The molecule has 1 fully saturated rings. The summed E-state index contributed by atoms with van der Waals surface area (Å²) < 4.78 is 15.6. The summed E-state index contributed by atoms with van der Waals surface area (Å²) in [5, 5.41) is 5.39. The van der Waals surface area contributed by atoms with E-state index in [-0.39, 0.29) is 19.1 Å². The van der Waals surface area contributed by atoms with Gasteiger partial charge in [-0.15, -0.1) is 0 Å². The van der Waals surface area contributed by atoms with Gasteiger partial charge in [0.1, 0.15) is 17.7 Å². The highest BCUT2D eigenvalue weighted by Crippen LogP contribution is 2.25. The van der Waals surface area contributed by atoms with Crippen LogP contribution in [0.3, 0.4) is 0 Å². The van der Waals surface area contributed by atoms with Gasteiger partial charge in [-0.05, 0) is 58.4 Å². The van der Waals surface area contributed by atoms with Gasteiger partial charge in [0.05, 0.1) is 13.2 Å². The summed E-state index contributed by atoms with van der Waals surface area (Å²) in [5.41, 5.74) is 0.0992. The zero-order valence-corrected chi connectivity index (χ0v) is 18.5. The van der Waals surface area contributed by atoms with Crippen LogP contribution in [-0.2, 0) is 23.8 Å². The molecule has 0 saturated carbocycles. The van der Waals surface area contributed by atoms with Crippen LogP contribution in [0.1, 0.15) is 33.3 Å². The predicted molar refractivity (Wildman–Crippen MR) is 113 cm³/mol. The van der Waals surface area contributed by atoms with Crippen LogP contribution in [-0.4, -0.2) is 62.5 Å². The number of nitrogens with one attached hydrogen (secondary N) is 2. The Hall–Kier alpha value is -2.65. The average Bonchev–Trinajstić information content (AvgIpc) is 2.61. The monoisotopic (exact) mass is 421 g/mol. The minimum absolute atomic E-state index is 0.0442. The number of amides is 3. The van der Waals surface area contributed by atoms with Crippen molar-refractivity contribution in [1.29, 1.82) is 0 Å². The van der Waals surface area contributed by atoms with Crippen LogP contribution in [0.15, 0.2) is 18.2 Å². The fourth-order valence-corrected chi connectivity index (χ4v) is 3.05. The average molecular weight is 421 g/mol. The summed E-state index contributed by atoms with van der Waals surface area (Å²) in [6.45, 7) is 9.62. The number of anilines is 2. The summed E-state index contributed by atoms with van der Waals surface area (Å²) in [6.07, 6.45) is -0.713. The molecule has 0 aliphatic carbocycles. The van der Waals surface area contributed by atoms with Gasteiger partial charge in [0.2, 0.25) is 0 Å². The van der Waals surface area contributed by atoms with Crippen molar-refractivity contribution >= 4 is 29.3 Å². The maximum atomic E-state index is 12.9. The lowest BCUT2D eigenvalue weighted by Crippen LogP contribution is -2.58. The number of nitrogens with zero attached hydrogens (tertiary/aromatic N) is 1. The topological polar surface area (TPSA) is 106 Å². The quantitative estimate of drug-likeness (QED) is 0.730.